The van der Waals surface area contributed by atoms with Crippen LogP contribution in [0.15, 0.2) is 0 Å². The average molecular weight is 129 g/mol. The van der Waals surface area contributed by atoms with E-state index < -0.39 is 0 Å². The van der Waals surface area contributed by atoms with E-state index in [0.717, 1.165) is 11.8 Å². The summed E-state index contributed by atoms with van der Waals surface area (Å²) in [5.41, 5.74) is 0. The van der Waals surface area contributed by atoms with E-state index >= 15 is 0 Å². The molecule has 1 aliphatic rings. The molecule has 1 aliphatic heterocycles. The first-order chi connectivity index (χ1) is 4.33. The lowest BCUT2D eigenvalue weighted by Gasteiger charge is -2.26. The Bertz CT molecular complexity index is 85.3. The Hall–Kier alpha value is -0.0400. The fourth-order valence-electron chi connectivity index (χ4n) is 1.58. The lowest BCUT2D eigenvalue weighted by molar-refractivity contribution is 0.296. The minimum absolute atomic E-state index is 0. The van der Waals surface area contributed by atoms with Crippen molar-refractivity contribution in [3.63, 3.8) is 0 Å². The minimum atomic E-state index is 0. The van der Waals surface area contributed by atoms with E-state index in [-0.39, 0.29) is 1.43 Å². The summed E-state index contributed by atoms with van der Waals surface area (Å²) >= 11 is 0. The molecular formula is C8H19N. The maximum absolute atomic E-state index is 3.44. The molecule has 1 nitrogen and oxygen atoms in total. The van der Waals surface area contributed by atoms with Crippen LogP contribution in [0.4, 0.5) is 0 Å². The zero-order valence-electron chi connectivity index (χ0n) is 6.48. The third kappa shape index (κ3) is 1.98. The zero-order valence-corrected chi connectivity index (χ0v) is 6.48. The van der Waals surface area contributed by atoms with Crippen molar-refractivity contribution in [2.75, 3.05) is 13.1 Å². The van der Waals surface area contributed by atoms with Crippen molar-refractivity contribution in [3.8, 4) is 0 Å². The lowest BCUT2D eigenvalue weighted by Crippen LogP contribution is -2.34. The van der Waals surface area contributed by atoms with Crippen molar-refractivity contribution < 1.29 is 1.43 Å². The molecule has 0 aromatic heterocycles. The number of hydrogen-bond acceptors (Lipinski definition) is 1. The van der Waals surface area contributed by atoms with Crippen LogP contribution < -0.4 is 5.32 Å². The molecule has 0 aliphatic carbocycles. The van der Waals surface area contributed by atoms with E-state index in [2.05, 4.69) is 19.2 Å². The summed E-state index contributed by atoms with van der Waals surface area (Å²) in [5, 5.41) is 3.44. The molecule has 1 heterocycles. The van der Waals surface area contributed by atoms with Crippen molar-refractivity contribution in [2.45, 2.75) is 26.7 Å². The molecule has 56 valence electrons. The second-order valence-corrected chi connectivity index (χ2v) is 3.27. The molecule has 1 rings (SSSR count). The van der Waals surface area contributed by atoms with E-state index in [1.54, 1.807) is 0 Å². The van der Waals surface area contributed by atoms with Crippen LogP contribution in [0.5, 0.6) is 0 Å². The van der Waals surface area contributed by atoms with E-state index in [4.69, 9.17) is 0 Å². The van der Waals surface area contributed by atoms with Crippen molar-refractivity contribution >= 4 is 0 Å². The van der Waals surface area contributed by atoms with Crippen LogP contribution >= 0.6 is 0 Å². The Morgan fingerprint density at radius 3 is 2.78 bits per heavy atom. The maximum atomic E-state index is 3.44. The first-order valence-electron chi connectivity index (χ1n) is 4.03. The quantitative estimate of drug-likeness (QED) is 0.570. The molecule has 1 fully saturated rings. The fraction of sp³-hybridized carbons (Fsp3) is 1.00. The molecule has 0 bridgehead atoms. The second kappa shape index (κ2) is 3.21. The fourth-order valence-corrected chi connectivity index (χ4v) is 1.58. The summed E-state index contributed by atoms with van der Waals surface area (Å²) in [6.45, 7) is 7.09. The minimum Gasteiger partial charge on any atom is -0.316 e. The number of nitrogens with one attached hydrogen (secondary N) is 1. The van der Waals surface area contributed by atoms with Gasteiger partial charge in [-0.05, 0) is 31.3 Å². The normalized spacial score (nSPS) is 36.7. The van der Waals surface area contributed by atoms with Gasteiger partial charge in [0.2, 0.25) is 0 Å². The van der Waals surface area contributed by atoms with Crippen LogP contribution in [0.3, 0.4) is 0 Å². The lowest BCUT2D eigenvalue weighted by atomic mass is 9.90. The Labute approximate surface area is 59.3 Å². The Kier molecular flexibility index (Phi) is 2.52. The maximum Gasteiger partial charge on any atom is 0 e. The van der Waals surface area contributed by atoms with Gasteiger partial charge in [0.05, 0.1) is 0 Å². The van der Waals surface area contributed by atoms with Crippen LogP contribution in [-0.4, -0.2) is 13.1 Å². The van der Waals surface area contributed by atoms with Gasteiger partial charge >= 0.3 is 0 Å². The van der Waals surface area contributed by atoms with Crippen molar-refractivity contribution in [1.82, 2.24) is 5.32 Å². The molecule has 2 atom stereocenters. The summed E-state index contributed by atoms with van der Waals surface area (Å²) in [4.78, 5) is 0. The highest BCUT2D eigenvalue weighted by molar-refractivity contribution is 4.71. The van der Waals surface area contributed by atoms with E-state index in [1.165, 1.54) is 25.9 Å². The molecule has 1 N–H and O–H groups in total. The summed E-state index contributed by atoms with van der Waals surface area (Å²) in [6.07, 6.45) is 2.78. The third-order valence-electron chi connectivity index (χ3n) is 2.24. The van der Waals surface area contributed by atoms with E-state index in [0.29, 0.717) is 0 Å². The van der Waals surface area contributed by atoms with E-state index in [1.807, 2.05) is 0 Å². The molecule has 1 heteroatoms. The Morgan fingerprint density at radius 1 is 1.56 bits per heavy atom. The molecule has 9 heavy (non-hydrogen) atoms. The van der Waals surface area contributed by atoms with Crippen LogP contribution in [0.25, 0.3) is 0 Å². The number of rotatable bonds is 1. The summed E-state index contributed by atoms with van der Waals surface area (Å²) in [5.74, 6) is 1.86. The van der Waals surface area contributed by atoms with Crippen molar-refractivity contribution in [3.05, 3.63) is 0 Å². The van der Waals surface area contributed by atoms with Crippen molar-refractivity contribution in [1.29, 1.82) is 0 Å². The van der Waals surface area contributed by atoms with Crippen LogP contribution in [0, 0.1) is 11.8 Å². The van der Waals surface area contributed by atoms with Gasteiger partial charge < -0.3 is 5.32 Å². The molecule has 0 amide bonds. The van der Waals surface area contributed by atoms with Crippen LogP contribution in [0.1, 0.15) is 28.1 Å². The SMILES string of the molecule is CCC1CNCC(C)C1.[HH]. The molecule has 0 aromatic carbocycles. The van der Waals surface area contributed by atoms with Crippen LogP contribution in [-0.2, 0) is 0 Å². The Balaban J connectivity index is 0.000000810. The van der Waals surface area contributed by atoms with Crippen molar-refractivity contribution in [2.24, 2.45) is 11.8 Å². The topological polar surface area (TPSA) is 12.0 Å². The average Bonchev–Trinajstić information content (AvgIpc) is 1.88. The summed E-state index contributed by atoms with van der Waals surface area (Å²) in [7, 11) is 0. The molecule has 0 saturated carbocycles. The predicted molar refractivity (Wildman–Crippen MR) is 42.5 cm³/mol. The highest BCUT2D eigenvalue weighted by Gasteiger charge is 2.15. The predicted octanol–water partition coefficient (Wildman–Crippen LogP) is 1.89. The van der Waals surface area contributed by atoms with Gasteiger partial charge in [0.15, 0.2) is 0 Å². The molecule has 0 radical (unpaired) electrons. The number of hydrogen-bond donors (Lipinski definition) is 1. The van der Waals surface area contributed by atoms with Gasteiger partial charge in [-0.1, -0.05) is 20.3 Å². The first kappa shape index (κ1) is 7.07. The monoisotopic (exact) mass is 129 g/mol. The van der Waals surface area contributed by atoms with Gasteiger partial charge in [0, 0.05) is 1.43 Å². The first-order valence-corrected chi connectivity index (χ1v) is 4.03. The zero-order chi connectivity index (χ0) is 6.69. The molecule has 0 spiro atoms. The highest BCUT2D eigenvalue weighted by atomic mass is 14.9. The molecule has 1 saturated heterocycles. The Morgan fingerprint density at radius 2 is 2.33 bits per heavy atom. The van der Waals surface area contributed by atoms with Gasteiger partial charge in [0.1, 0.15) is 0 Å². The van der Waals surface area contributed by atoms with Gasteiger partial charge in [-0.15, -0.1) is 0 Å². The largest absolute Gasteiger partial charge is 0.316 e. The third-order valence-corrected chi connectivity index (χ3v) is 2.24. The standard InChI is InChI=1S/C8H17N.H2/c1-3-8-4-7(2)5-9-6-8;/h7-9H,3-6H2,1-2H3;1H. The summed E-state index contributed by atoms with van der Waals surface area (Å²) in [6, 6.07) is 0. The molecular weight excluding hydrogens is 110 g/mol. The van der Waals surface area contributed by atoms with Gasteiger partial charge in [-0.2, -0.15) is 0 Å². The molecule has 0 aromatic rings. The van der Waals surface area contributed by atoms with Crippen LogP contribution in [0.2, 0.25) is 0 Å². The number of piperidine rings is 1. The molecule has 2 unspecified atom stereocenters. The van der Waals surface area contributed by atoms with Gasteiger partial charge in [-0.25, -0.2) is 0 Å². The van der Waals surface area contributed by atoms with E-state index in [9.17, 15) is 0 Å². The smallest absolute Gasteiger partial charge is 0 e. The highest BCUT2D eigenvalue weighted by Crippen LogP contribution is 2.17. The second-order valence-electron chi connectivity index (χ2n) is 3.27. The summed E-state index contributed by atoms with van der Waals surface area (Å²) < 4.78 is 0. The van der Waals surface area contributed by atoms with Gasteiger partial charge in [-0.3, -0.25) is 0 Å². The van der Waals surface area contributed by atoms with Gasteiger partial charge in [0.25, 0.3) is 0 Å².